The van der Waals surface area contributed by atoms with Gasteiger partial charge in [-0.1, -0.05) is 6.07 Å². The highest BCUT2D eigenvalue weighted by Crippen LogP contribution is 2.15. The molecular formula is C10H19N3. The third kappa shape index (κ3) is 3.92. The van der Waals surface area contributed by atoms with Crippen molar-refractivity contribution in [1.29, 1.82) is 0 Å². The standard InChI is InChI=1S/C10H15N.H4N2/c1-8-5-9(2)7-10(6-8)11(3)4;1-2/h5-7H,1-4H3;1-2H2. The van der Waals surface area contributed by atoms with E-state index >= 15 is 0 Å². The van der Waals surface area contributed by atoms with Crippen molar-refractivity contribution in [1.82, 2.24) is 0 Å². The van der Waals surface area contributed by atoms with Crippen LogP contribution in [0.25, 0.3) is 0 Å². The molecule has 0 bridgehead atoms. The molecule has 0 fully saturated rings. The molecule has 0 spiro atoms. The van der Waals surface area contributed by atoms with Gasteiger partial charge in [-0.15, -0.1) is 0 Å². The summed E-state index contributed by atoms with van der Waals surface area (Å²) in [7, 11) is 4.13. The second-order valence-corrected chi connectivity index (χ2v) is 3.24. The first-order valence-electron chi connectivity index (χ1n) is 4.18. The number of nitrogens with two attached hydrogens (primary N) is 2. The molecule has 4 N–H and O–H groups in total. The van der Waals surface area contributed by atoms with E-state index in [1.165, 1.54) is 16.8 Å². The SMILES string of the molecule is Cc1cc(C)cc(N(C)C)c1.NN. The zero-order chi connectivity index (χ0) is 10.4. The van der Waals surface area contributed by atoms with Crippen molar-refractivity contribution < 1.29 is 0 Å². The maximum atomic E-state index is 4.00. The van der Waals surface area contributed by atoms with Crippen molar-refractivity contribution in [2.45, 2.75) is 13.8 Å². The van der Waals surface area contributed by atoms with Crippen LogP contribution in [0.3, 0.4) is 0 Å². The van der Waals surface area contributed by atoms with Crippen LogP contribution in [0.1, 0.15) is 11.1 Å². The first kappa shape index (κ1) is 11.9. The van der Waals surface area contributed by atoms with E-state index in [4.69, 9.17) is 0 Å². The van der Waals surface area contributed by atoms with Crippen LogP contribution < -0.4 is 16.6 Å². The molecule has 0 atom stereocenters. The molecule has 1 aromatic carbocycles. The van der Waals surface area contributed by atoms with Gasteiger partial charge in [-0.25, -0.2) is 0 Å². The van der Waals surface area contributed by atoms with Gasteiger partial charge in [0.1, 0.15) is 0 Å². The van der Waals surface area contributed by atoms with Crippen molar-refractivity contribution in [3.63, 3.8) is 0 Å². The number of hydrogen-bond acceptors (Lipinski definition) is 3. The Morgan fingerprint density at radius 3 is 1.62 bits per heavy atom. The van der Waals surface area contributed by atoms with E-state index in [-0.39, 0.29) is 0 Å². The topological polar surface area (TPSA) is 55.3 Å². The Labute approximate surface area is 80.3 Å². The van der Waals surface area contributed by atoms with Crippen molar-refractivity contribution in [2.75, 3.05) is 19.0 Å². The predicted octanol–water partition coefficient (Wildman–Crippen LogP) is 1.19. The van der Waals surface area contributed by atoms with Crippen LogP contribution in [0, 0.1) is 13.8 Å². The molecule has 1 rings (SSSR count). The molecule has 0 aliphatic heterocycles. The molecule has 0 radical (unpaired) electrons. The van der Waals surface area contributed by atoms with Crippen LogP contribution in [0.5, 0.6) is 0 Å². The molecule has 3 heteroatoms. The van der Waals surface area contributed by atoms with Gasteiger partial charge in [0, 0.05) is 19.8 Å². The summed E-state index contributed by atoms with van der Waals surface area (Å²) in [4.78, 5) is 2.12. The Morgan fingerprint density at radius 2 is 1.31 bits per heavy atom. The van der Waals surface area contributed by atoms with Gasteiger partial charge in [-0.3, -0.25) is 11.7 Å². The summed E-state index contributed by atoms with van der Waals surface area (Å²) in [6.45, 7) is 4.25. The fraction of sp³-hybridized carbons (Fsp3) is 0.400. The molecular weight excluding hydrogens is 162 g/mol. The van der Waals surface area contributed by atoms with E-state index in [0.29, 0.717) is 0 Å². The van der Waals surface area contributed by atoms with Gasteiger partial charge in [-0.05, 0) is 37.1 Å². The van der Waals surface area contributed by atoms with Gasteiger partial charge in [0.05, 0.1) is 0 Å². The summed E-state index contributed by atoms with van der Waals surface area (Å²) < 4.78 is 0. The Morgan fingerprint density at radius 1 is 0.923 bits per heavy atom. The monoisotopic (exact) mass is 181 g/mol. The number of anilines is 1. The van der Waals surface area contributed by atoms with Crippen LogP contribution in [-0.4, -0.2) is 14.1 Å². The Kier molecular flexibility index (Phi) is 5.11. The van der Waals surface area contributed by atoms with Crippen LogP contribution in [-0.2, 0) is 0 Å². The fourth-order valence-electron chi connectivity index (χ4n) is 1.21. The molecule has 3 nitrogen and oxygen atoms in total. The van der Waals surface area contributed by atoms with E-state index in [1.807, 2.05) is 0 Å². The smallest absolute Gasteiger partial charge is 0.0366 e. The first-order valence-corrected chi connectivity index (χ1v) is 4.18. The van der Waals surface area contributed by atoms with Crippen LogP contribution >= 0.6 is 0 Å². The summed E-state index contributed by atoms with van der Waals surface area (Å²) in [6.07, 6.45) is 0. The molecule has 0 amide bonds. The third-order valence-electron chi connectivity index (χ3n) is 1.72. The second-order valence-electron chi connectivity index (χ2n) is 3.24. The van der Waals surface area contributed by atoms with E-state index in [1.54, 1.807) is 0 Å². The molecule has 0 aromatic heterocycles. The minimum Gasteiger partial charge on any atom is -0.378 e. The molecule has 13 heavy (non-hydrogen) atoms. The second kappa shape index (κ2) is 5.56. The number of aryl methyl sites for hydroxylation is 2. The third-order valence-corrected chi connectivity index (χ3v) is 1.72. The van der Waals surface area contributed by atoms with Crippen molar-refractivity contribution in [3.05, 3.63) is 29.3 Å². The molecule has 0 aliphatic rings. The summed E-state index contributed by atoms with van der Waals surface area (Å²) in [6, 6.07) is 6.56. The lowest BCUT2D eigenvalue weighted by atomic mass is 10.1. The number of benzene rings is 1. The van der Waals surface area contributed by atoms with Crippen molar-refractivity contribution in [3.8, 4) is 0 Å². The molecule has 0 saturated heterocycles. The molecule has 0 aliphatic carbocycles. The Hall–Kier alpha value is -1.06. The van der Waals surface area contributed by atoms with E-state index < -0.39 is 0 Å². The van der Waals surface area contributed by atoms with Gasteiger partial charge in [-0.2, -0.15) is 0 Å². The fourth-order valence-corrected chi connectivity index (χ4v) is 1.21. The summed E-state index contributed by atoms with van der Waals surface area (Å²) in [5, 5.41) is 0. The highest BCUT2D eigenvalue weighted by Gasteiger charge is 1.95. The maximum Gasteiger partial charge on any atom is 0.0366 e. The Balaban J connectivity index is 0.000000671. The lowest BCUT2D eigenvalue weighted by Gasteiger charge is -2.13. The van der Waals surface area contributed by atoms with Gasteiger partial charge in [0.2, 0.25) is 0 Å². The normalized spacial score (nSPS) is 8.77. The van der Waals surface area contributed by atoms with Gasteiger partial charge >= 0.3 is 0 Å². The average Bonchev–Trinajstić information content (AvgIpc) is 2.06. The van der Waals surface area contributed by atoms with Crippen LogP contribution in [0.15, 0.2) is 18.2 Å². The quantitative estimate of drug-likeness (QED) is 0.505. The lowest BCUT2D eigenvalue weighted by Crippen LogP contribution is -2.08. The molecule has 0 heterocycles. The minimum atomic E-state index is 1.28. The van der Waals surface area contributed by atoms with Crippen LogP contribution in [0.2, 0.25) is 0 Å². The van der Waals surface area contributed by atoms with Crippen LogP contribution in [0.4, 0.5) is 5.69 Å². The molecule has 1 aromatic rings. The van der Waals surface area contributed by atoms with E-state index in [0.717, 1.165) is 0 Å². The highest BCUT2D eigenvalue weighted by molar-refractivity contribution is 5.49. The first-order chi connectivity index (χ1) is 6.09. The van der Waals surface area contributed by atoms with Gasteiger partial charge in [0.25, 0.3) is 0 Å². The number of hydrazine groups is 1. The summed E-state index contributed by atoms with van der Waals surface area (Å²) in [5.74, 6) is 8.00. The average molecular weight is 181 g/mol. The van der Waals surface area contributed by atoms with Crippen molar-refractivity contribution in [2.24, 2.45) is 11.7 Å². The summed E-state index contributed by atoms with van der Waals surface area (Å²) in [5.41, 5.74) is 3.94. The minimum absolute atomic E-state index is 1.28. The molecule has 0 unspecified atom stereocenters. The molecule has 0 saturated carbocycles. The number of nitrogens with zero attached hydrogens (tertiary/aromatic N) is 1. The zero-order valence-corrected chi connectivity index (χ0v) is 8.83. The summed E-state index contributed by atoms with van der Waals surface area (Å²) >= 11 is 0. The zero-order valence-electron chi connectivity index (χ0n) is 8.83. The molecule has 74 valence electrons. The highest BCUT2D eigenvalue weighted by atomic mass is 15.1. The number of hydrogen-bond donors (Lipinski definition) is 2. The van der Waals surface area contributed by atoms with Crippen molar-refractivity contribution >= 4 is 5.69 Å². The van der Waals surface area contributed by atoms with Gasteiger partial charge < -0.3 is 4.90 Å². The van der Waals surface area contributed by atoms with Gasteiger partial charge in [0.15, 0.2) is 0 Å². The maximum absolute atomic E-state index is 4.00. The predicted molar refractivity (Wildman–Crippen MR) is 58.6 cm³/mol. The Bertz CT molecular complexity index is 236. The largest absolute Gasteiger partial charge is 0.378 e. The lowest BCUT2D eigenvalue weighted by molar-refractivity contribution is 1.12. The number of rotatable bonds is 1. The van der Waals surface area contributed by atoms with E-state index in [2.05, 4.69) is 62.7 Å². The van der Waals surface area contributed by atoms with E-state index in [9.17, 15) is 0 Å².